The fourth-order valence-electron chi connectivity index (χ4n) is 3.53. The molecule has 2 heterocycles. The molecule has 1 aliphatic heterocycles. The molecule has 1 saturated heterocycles. The highest BCUT2D eigenvalue weighted by Crippen LogP contribution is 2.31. The molecule has 0 saturated carbocycles. The Hall–Kier alpha value is -2.90. The Kier molecular flexibility index (Phi) is 5.55. The lowest BCUT2D eigenvalue weighted by Crippen LogP contribution is -2.45. The maximum absolute atomic E-state index is 5.56. The van der Waals surface area contributed by atoms with Crippen molar-refractivity contribution in [2.24, 2.45) is 0 Å². The fraction of sp³-hybridized carbons (Fsp3) is 0.333. The van der Waals surface area contributed by atoms with Crippen molar-refractivity contribution in [2.75, 3.05) is 33.9 Å². The topological polar surface area (TPSA) is 72.7 Å². The third kappa shape index (κ3) is 3.85. The molecule has 28 heavy (non-hydrogen) atoms. The third-order valence-corrected chi connectivity index (χ3v) is 5.01. The highest BCUT2D eigenvalue weighted by atomic mass is 16.5. The van der Waals surface area contributed by atoms with Crippen LogP contribution < -0.4 is 14.8 Å². The Balaban J connectivity index is 1.53. The average Bonchev–Trinajstić information content (AvgIpc) is 3.23. The normalized spacial score (nSPS) is 17.4. The summed E-state index contributed by atoms with van der Waals surface area (Å²) in [5.41, 5.74) is 2.06. The van der Waals surface area contributed by atoms with Crippen LogP contribution in [-0.4, -0.2) is 48.9 Å². The number of benzene rings is 2. The Morgan fingerprint density at radius 2 is 1.93 bits per heavy atom. The van der Waals surface area contributed by atoms with Crippen molar-refractivity contribution in [3.05, 3.63) is 60.0 Å². The van der Waals surface area contributed by atoms with Crippen LogP contribution in [0.1, 0.15) is 17.5 Å². The minimum absolute atomic E-state index is 0.182. The van der Waals surface area contributed by atoms with Crippen LogP contribution in [0.15, 0.2) is 53.1 Å². The van der Waals surface area contributed by atoms with Gasteiger partial charge < -0.3 is 19.3 Å². The molecule has 1 fully saturated rings. The second kappa shape index (κ2) is 8.41. The molecule has 7 heteroatoms. The maximum Gasteiger partial charge on any atom is 0.241 e. The maximum atomic E-state index is 5.56. The van der Waals surface area contributed by atoms with E-state index in [0.717, 1.165) is 42.3 Å². The molecule has 3 aromatic rings. The van der Waals surface area contributed by atoms with Gasteiger partial charge in [0, 0.05) is 30.8 Å². The van der Waals surface area contributed by atoms with Gasteiger partial charge >= 0.3 is 0 Å². The van der Waals surface area contributed by atoms with Crippen LogP contribution in [0.5, 0.6) is 11.5 Å². The summed E-state index contributed by atoms with van der Waals surface area (Å²) in [5, 5.41) is 7.61. The second-order valence-electron chi connectivity index (χ2n) is 6.67. The molecule has 4 rings (SSSR count). The molecule has 2 aromatic carbocycles. The van der Waals surface area contributed by atoms with Gasteiger partial charge in [-0.15, -0.1) is 0 Å². The van der Waals surface area contributed by atoms with Crippen molar-refractivity contribution < 1.29 is 14.0 Å². The highest BCUT2D eigenvalue weighted by Gasteiger charge is 2.27. The Morgan fingerprint density at radius 3 is 2.71 bits per heavy atom. The summed E-state index contributed by atoms with van der Waals surface area (Å²) in [4.78, 5) is 6.94. The average molecular weight is 380 g/mol. The Labute approximate surface area is 164 Å². The fourth-order valence-corrected chi connectivity index (χ4v) is 3.53. The van der Waals surface area contributed by atoms with E-state index < -0.39 is 0 Å². The van der Waals surface area contributed by atoms with Crippen LogP contribution in [0.25, 0.3) is 11.4 Å². The van der Waals surface area contributed by atoms with Crippen molar-refractivity contribution in [2.45, 2.75) is 12.6 Å². The molecule has 146 valence electrons. The zero-order valence-electron chi connectivity index (χ0n) is 16.1. The van der Waals surface area contributed by atoms with Gasteiger partial charge in [-0.1, -0.05) is 23.4 Å². The number of methoxy groups -OCH3 is 2. The zero-order valence-corrected chi connectivity index (χ0v) is 16.1. The summed E-state index contributed by atoms with van der Waals surface area (Å²) in [6.07, 6.45) is 0. The van der Waals surface area contributed by atoms with Crippen molar-refractivity contribution >= 4 is 0 Å². The van der Waals surface area contributed by atoms with E-state index >= 15 is 0 Å². The summed E-state index contributed by atoms with van der Waals surface area (Å²) < 4.78 is 16.3. The van der Waals surface area contributed by atoms with Gasteiger partial charge in [0.25, 0.3) is 0 Å². The summed E-state index contributed by atoms with van der Waals surface area (Å²) in [6, 6.07) is 15.9. The van der Waals surface area contributed by atoms with Gasteiger partial charge in [-0.25, -0.2) is 0 Å². The van der Waals surface area contributed by atoms with E-state index in [1.807, 2.05) is 42.5 Å². The minimum atomic E-state index is 0.182. The van der Waals surface area contributed by atoms with E-state index in [0.29, 0.717) is 18.3 Å². The first kappa shape index (κ1) is 18.5. The van der Waals surface area contributed by atoms with Gasteiger partial charge in [-0.05, 0) is 30.3 Å². The molecule has 0 spiro atoms. The lowest BCUT2D eigenvalue weighted by molar-refractivity contribution is 0.133. The van der Waals surface area contributed by atoms with Gasteiger partial charge in [-0.2, -0.15) is 4.98 Å². The van der Waals surface area contributed by atoms with E-state index in [2.05, 4.69) is 26.4 Å². The van der Waals surface area contributed by atoms with E-state index in [1.54, 1.807) is 14.2 Å². The van der Waals surface area contributed by atoms with E-state index in [4.69, 9.17) is 14.0 Å². The van der Waals surface area contributed by atoms with Gasteiger partial charge in [0.2, 0.25) is 11.7 Å². The summed E-state index contributed by atoms with van der Waals surface area (Å²) >= 11 is 0. The smallest absolute Gasteiger partial charge is 0.241 e. The molecule has 1 N–H and O–H groups in total. The standard InChI is InChI=1S/C21H24N4O3/c1-26-16-9-7-15(8-10-16)21-23-20(28-24-21)14-25-12-11-22-13-18(25)17-5-3-4-6-19(17)27-2/h3-10,18,22H,11-14H2,1-2H3. The number of hydrogen-bond acceptors (Lipinski definition) is 7. The number of nitrogens with zero attached hydrogens (tertiary/aromatic N) is 3. The van der Waals surface area contributed by atoms with Crippen molar-refractivity contribution in [1.82, 2.24) is 20.4 Å². The SMILES string of the molecule is COc1ccc(-c2noc(CN3CCNCC3c3ccccc3OC)n2)cc1. The lowest BCUT2D eigenvalue weighted by Gasteiger charge is -2.36. The number of rotatable bonds is 6. The molecule has 1 atom stereocenters. The number of para-hydroxylation sites is 1. The lowest BCUT2D eigenvalue weighted by atomic mass is 10.0. The van der Waals surface area contributed by atoms with Gasteiger partial charge in [-0.3, -0.25) is 4.90 Å². The minimum Gasteiger partial charge on any atom is -0.497 e. The molecule has 1 unspecified atom stereocenters. The predicted octanol–water partition coefficient (Wildman–Crippen LogP) is 2.90. The summed E-state index contributed by atoms with van der Waals surface area (Å²) in [7, 11) is 3.35. The third-order valence-electron chi connectivity index (χ3n) is 5.01. The van der Waals surface area contributed by atoms with Crippen LogP contribution in [0, 0.1) is 0 Å². The van der Waals surface area contributed by atoms with E-state index in [9.17, 15) is 0 Å². The number of ether oxygens (including phenoxy) is 2. The number of aromatic nitrogens is 2. The van der Waals surface area contributed by atoms with E-state index in [1.165, 1.54) is 0 Å². The van der Waals surface area contributed by atoms with Crippen LogP contribution >= 0.6 is 0 Å². The van der Waals surface area contributed by atoms with Crippen LogP contribution in [0.3, 0.4) is 0 Å². The number of piperazine rings is 1. The Bertz CT molecular complexity index is 910. The first-order valence-electron chi connectivity index (χ1n) is 9.33. The summed E-state index contributed by atoms with van der Waals surface area (Å²) in [6.45, 7) is 3.25. The van der Waals surface area contributed by atoms with Crippen LogP contribution in [-0.2, 0) is 6.54 Å². The molecular formula is C21H24N4O3. The molecular weight excluding hydrogens is 356 g/mol. The first-order valence-corrected chi connectivity index (χ1v) is 9.33. The van der Waals surface area contributed by atoms with Crippen LogP contribution in [0.2, 0.25) is 0 Å². The molecule has 1 aromatic heterocycles. The molecule has 1 aliphatic rings. The largest absolute Gasteiger partial charge is 0.497 e. The monoisotopic (exact) mass is 380 g/mol. The van der Waals surface area contributed by atoms with Gasteiger partial charge in [0.05, 0.1) is 26.8 Å². The Morgan fingerprint density at radius 1 is 1.11 bits per heavy atom. The highest BCUT2D eigenvalue weighted by molar-refractivity contribution is 5.55. The van der Waals surface area contributed by atoms with Crippen molar-refractivity contribution in [1.29, 1.82) is 0 Å². The van der Waals surface area contributed by atoms with Crippen molar-refractivity contribution in [3.8, 4) is 22.9 Å². The quantitative estimate of drug-likeness (QED) is 0.705. The molecule has 7 nitrogen and oxygen atoms in total. The summed E-state index contributed by atoms with van der Waals surface area (Å²) in [5.74, 6) is 2.88. The van der Waals surface area contributed by atoms with Crippen LogP contribution in [0.4, 0.5) is 0 Å². The zero-order chi connectivity index (χ0) is 19.3. The van der Waals surface area contributed by atoms with Gasteiger partial charge in [0.1, 0.15) is 11.5 Å². The molecule has 0 aliphatic carbocycles. The molecule has 0 radical (unpaired) electrons. The molecule has 0 bridgehead atoms. The number of nitrogens with one attached hydrogen (secondary N) is 1. The second-order valence-corrected chi connectivity index (χ2v) is 6.67. The molecule has 0 amide bonds. The van der Waals surface area contributed by atoms with Gasteiger partial charge in [0.15, 0.2) is 0 Å². The predicted molar refractivity (Wildman–Crippen MR) is 105 cm³/mol. The first-order chi connectivity index (χ1) is 13.8. The van der Waals surface area contributed by atoms with Crippen molar-refractivity contribution in [3.63, 3.8) is 0 Å². The van der Waals surface area contributed by atoms with E-state index in [-0.39, 0.29) is 6.04 Å². The number of hydrogen-bond donors (Lipinski definition) is 1.